The molecule has 0 spiro atoms. The molecule has 0 aliphatic carbocycles. The molecule has 0 fully saturated rings. The van der Waals surface area contributed by atoms with Crippen LogP contribution in [0.15, 0.2) is 0 Å². The normalized spacial score (nSPS) is 12.2. The lowest BCUT2D eigenvalue weighted by Gasteiger charge is -2.15. The minimum Gasteiger partial charge on any atom is -0.354 e. The van der Waals surface area contributed by atoms with Crippen molar-refractivity contribution in [3.05, 3.63) is 0 Å². The highest BCUT2D eigenvalue weighted by atomic mass is 32.2. The number of thiol groups is 1. The predicted octanol–water partition coefficient (Wildman–Crippen LogP) is 0.222. The number of hydrogen-bond donors (Lipinski definition) is 3. The first kappa shape index (κ1) is 15.8. The van der Waals surface area contributed by atoms with Crippen LogP contribution in [0.4, 0.5) is 0 Å². The number of amides is 1. The van der Waals surface area contributed by atoms with Crippen LogP contribution in [-0.2, 0) is 14.4 Å². The van der Waals surface area contributed by atoms with E-state index >= 15 is 0 Å². The number of thioether (sulfide) groups is 1. The summed E-state index contributed by atoms with van der Waals surface area (Å²) in [6.45, 7) is 4.27. The fourth-order valence-electron chi connectivity index (χ4n) is 0.850. The summed E-state index contributed by atoms with van der Waals surface area (Å²) in [6, 6.07) is -0.467. The second kappa shape index (κ2) is 9.95. The molecule has 7 heteroatoms. The molecule has 0 heterocycles. The molecule has 0 aromatic heterocycles. The van der Waals surface area contributed by atoms with Crippen molar-refractivity contribution in [1.82, 2.24) is 10.8 Å². The van der Waals surface area contributed by atoms with E-state index in [1.807, 2.05) is 6.92 Å². The molecule has 2 N–H and O–H groups in total. The predicted molar refractivity (Wildman–Crippen MR) is 68.6 cm³/mol. The van der Waals surface area contributed by atoms with Gasteiger partial charge in [0.05, 0.1) is 6.61 Å². The van der Waals surface area contributed by atoms with E-state index < -0.39 is 6.04 Å². The van der Waals surface area contributed by atoms with Gasteiger partial charge in [0.25, 0.3) is 0 Å². The summed E-state index contributed by atoms with van der Waals surface area (Å²) < 4.78 is 0. The molecule has 0 aliphatic rings. The average Bonchev–Trinajstić information content (AvgIpc) is 2.25. The molecule has 5 nitrogen and oxygen atoms in total. The first-order valence-corrected chi connectivity index (χ1v) is 6.62. The van der Waals surface area contributed by atoms with Gasteiger partial charge in [-0.25, -0.2) is 0 Å². The smallest absolute Gasteiger partial charge is 0.240 e. The summed E-state index contributed by atoms with van der Waals surface area (Å²) in [5.74, 6) is 0.758. The van der Waals surface area contributed by atoms with Crippen LogP contribution in [0.25, 0.3) is 0 Å². The number of rotatable bonds is 8. The second-order valence-electron chi connectivity index (χ2n) is 2.92. The lowest BCUT2D eigenvalue weighted by molar-refractivity contribution is -0.126. The third kappa shape index (κ3) is 7.98. The first-order valence-electron chi connectivity index (χ1n) is 5.01. The van der Waals surface area contributed by atoms with Gasteiger partial charge in [0.2, 0.25) is 5.91 Å². The summed E-state index contributed by atoms with van der Waals surface area (Å²) in [5, 5.41) is 2.74. The molecular weight excluding hydrogens is 248 g/mol. The van der Waals surface area contributed by atoms with Gasteiger partial charge in [0.15, 0.2) is 5.12 Å². The van der Waals surface area contributed by atoms with Crippen LogP contribution >= 0.6 is 24.4 Å². The Hall–Kier alpha value is -0.240. The van der Waals surface area contributed by atoms with Gasteiger partial charge in [-0.2, -0.15) is 18.1 Å². The fraction of sp³-hybridized carbons (Fsp3) is 0.778. The Morgan fingerprint density at radius 2 is 2.19 bits per heavy atom. The number of carbonyl (C=O) groups is 2. The molecule has 16 heavy (non-hydrogen) atoms. The maximum absolute atomic E-state index is 11.5. The van der Waals surface area contributed by atoms with E-state index in [-0.39, 0.29) is 11.0 Å². The van der Waals surface area contributed by atoms with Crippen molar-refractivity contribution in [3.8, 4) is 0 Å². The zero-order valence-corrected chi connectivity index (χ0v) is 11.2. The van der Waals surface area contributed by atoms with Crippen molar-refractivity contribution < 1.29 is 14.4 Å². The Morgan fingerprint density at radius 1 is 1.50 bits per heavy atom. The molecule has 0 rings (SSSR count). The lowest BCUT2D eigenvalue weighted by Crippen LogP contribution is -2.46. The summed E-state index contributed by atoms with van der Waals surface area (Å²) in [6.07, 6.45) is 0. The van der Waals surface area contributed by atoms with E-state index in [1.165, 1.54) is 18.7 Å². The number of carbonyl (C=O) groups excluding carboxylic acids is 2. The quantitative estimate of drug-likeness (QED) is 0.333. The maximum atomic E-state index is 11.5. The Kier molecular flexibility index (Phi) is 9.80. The molecule has 1 amide bonds. The van der Waals surface area contributed by atoms with Crippen molar-refractivity contribution in [2.75, 3.05) is 24.7 Å². The minimum atomic E-state index is -0.467. The largest absolute Gasteiger partial charge is 0.354 e. The van der Waals surface area contributed by atoms with Crippen molar-refractivity contribution >= 4 is 35.4 Å². The first-order chi connectivity index (χ1) is 7.61. The van der Waals surface area contributed by atoms with Gasteiger partial charge in [-0.3, -0.25) is 9.59 Å². The lowest BCUT2D eigenvalue weighted by atomic mass is 10.3. The van der Waals surface area contributed by atoms with Crippen LogP contribution < -0.4 is 10.8 Å². The van der Waals surface area contributed by atoms with Crippen LogP contribution in [0.1, 0.15) is 13.8 Å². The van der Waals surface area contributed by atoms with Gasteiger partial charge in [0, 0.05) is 25.0 Å². The van der Waals surface area contributed by atoms with E-state index in [4.69, 9.17) is 4.84 Å². The Morgan fingerprint density at radius 3 is 2.69 bits per heavy atom. The molecule has 94 valence electrons. The summed E-state index contributed by atoms with van der Waals surface area (Å²) in [7, 11) is 0. The van der Waals surface area contributed by atoms with Gasteiger partial charge in [-0.1, -0.05) is 11.8 Å². The molecule has 0 aromatic rings. The third-order valence-electron chi connectivity index (χ3n) is 1.58. The summed E-state index contributed by atoms with van der Waals surface area (Å²) in [4.78, 5) is 27.1. The maximum Gasteiger partial charge on any atom is 0.240 e. The monoisotopic (exact) mass is 266 g/mol. The topological polar surface area (TPSA) is 67.4 Å². The van der Waals surface area contributed by atoms with E-state index in [1.54, 1.807) is 0 Å². The van der Waals surface area contributed by atoms with E-state index in [0.29, 0.717) is 24.7 Å². The van der Waals surface area contributed by atoms with Crippen molar-refractivity contribution in [2.24, 2.45) is 0 Å². The number of hydroxylamine groups is 1. The highest BCUT2D eigenvalue weighted by Gasteiger charge is 2.15. The highest BCUT2D eigenvalue weighted by molar-refractivity contribution is 8.13. The minimum absolute atomic E-state index is 0.0486. The Bertz CT molecular complexity index is 227. The van der Waals surface area contributed by atoms with Gasteiger partial charge in [0.1, 0.15) is 6.04 Å². The second-order valence-corrected chi connectivity index (χ2v) is 4.55. The SMILES string of the molecule is CCON[C@@H](CS)C(=O)NCCSC(C)=O. The number of hydrogen-bond acceptors (Lipinski definition) is 6. The van der Waals surface area contributed by atoms with Gasteiger partial charge < -0.3 is 10.2 Å². The van der Waals surface area contributed by atoms with Crippen LogP contribution in [0.2, 0.25) is 0 Å². The molecule has 1 atom stereocenters. The molecule has 0 unspecified atom stereocenters. The zero-order valence-electron chi connectivity index (χ0n) is 9.49. The summed E-state index contributed by atoms with van der Waals surface area (Å²) in [5.41, 5.74) is 2.61. The van der Waals surface area contributed by atoms with Crippen molar-refractivity contribution in [1.29, 1.82) is 0 Å². The van der Waals surface area contributed by atoms with Crippen LogP contribution in [0.3, 0.4) is 0 Å². The molecule has 0 saturated carbocycles. The van der Waals surface area contributed by atoms with E-state index in [0.717, 1.165) is 0 Å². The molecule has 0 radical (unpaired) electrons. The van der Waals surface area contributed by atoms with E-state index in [2.05, 4.69) is 23.4 Å². The van der Waals surface area contributed by atoms with Crippen LogP contribution in [0, 0.1) is 0 Å². The summed E-state index contributed by atoms with van der Waals surface area (Å²) >= 11 is 5.23. The zero-order chi connectivity index (χ0) is 12.4. The van der Waals surface area contributed by atoms with Gasteiger partial charge in [-0.05, 0) is 6.92 Å². The molecule has 0 aromatic carbocycles. The molecule has 0 bridgehead atoms. The van der Waals surface area contributed by atoms with E-state index in [9.17, 15) is 9.59 Å². The highest BCUT2D eigenvalue weighted by Crippen LogP contribution is 1.98. The molecule has 0 saturated heterocycles. The Balaban J connectivity index is 3.70. The van der Waals surface area contributed by atoms with Crippen molar-refractivity contribution in [3.63, 3.8) is 0 Å². The van der Waals surface area contributed by atoms with Gasteiger partial charge >= 0.3 is 0 Å². The fourth-order valence-corrected chi connectivity index (χ4v) is 1.58. The van der Waals surface area contributed by atoms with Crippen LogP contribution in [0.5, 0.6) is 0 Å². The van der Waals surface area contributed by atoms with Crippen molar-refractivity contribution in [2.45, 2.75) is 19.9 Å². The third-order valence-corrected chi connectivity index (χ3v) is 2.76. The van der Waals surface area contributed by atoms with Gasteiger partial charge in [-0.15, -0.1) is 0 Å². The van der Waals surface area contributed by atoms with Crippen LogP contribution in [-0.4, -0.2) is 41.7 Å². The molecule has 0 aliphatic heterocycles. The average molecular weight is 266 g/mol. The Labute approximate surface area is 105 Å². The molecular formula is C9H18N2O3S2. The standard InChI is InChI=1S/C9H18N2O3S2/c1-3-14-11-8(6-15)9(13)10-4-5-16-7(2)12/h8,11,15H,3-6H2,1-2H3,(H,10,13)/t8-/m0/s1. The number of nitrogens with one attached hydrogen (secondary N) is 2.